The van der Waals surface area contributed by atoms with Crippen molar-refractivity contribution in [3.05, 3.63) is 40.1 Å². The van der Waals surface area contributed by atoms with Crippen molar-refractivity contribution >= 4 is 34.1 Å². The number of methoxy groups -OCH3 is 1. The molecule has 1 N–H and O–H groups in total. The zero-order valence-corrected chi connectivity index (χ0v) is 13.5. The molecule has 0 saturated carbocycles. The van der Waals surface area contributed by atoms with Crippen LogP contribution in [-0.4, -0.2) is 17.9 Å². The molecule has 21 heavy (non-hydrogen) atoms. The first-order chi connectivity index (χ1) is 10.2. The lowest BCUT2D eigenvalue weighted by Crippen LogP contribution is -2.00. The third-order valence-corrected chi connectivity index (χ3v) is 4.15. The van der Waals surface area contributed by atoms with Crippen molar-refractivity contribution in [2.45, 2.75) is 12.8 Å². The zero-order chi connectivity index (χ0) is 14.8. The highest BCUT2D eigenvalue weighted by Gasteiger charge is 2.16. The van der Waals surface area contributed by atoms with Gasteiger partial charge in [-0.3, -0.25) is 4.79 Å². The second-order valence-corrected chi connectivity index (χ2v) is 5.82. The minimum absolute atomic E-state index is 0.165. The number of anilines is 1. The van der Waals surface area contributed by atoms with E-state index in [1.165, 1.54) is 6.39 Å². The van der Waals surface area contributed by atoms with E-state index in [9.17, 15) is 4.79 Å². The lowest BCUT2D eigenvalue weighted by molar-refractivity contribution is -0.114. The quantitative estimate of drug-likeness (QED) is 0.801. The lowest BCUT2D eigenvalue weighted by atomic mass is 10.1. The summed E-state index contributed by atoms with van der Waals surface area (Å²) in [4.78, 5) is 15.2. The molecule has 2 aromatic rings. The Hall–Kier alpha value is -1.83. The molecule has 0 radical (unpaired) electrons. The van der Waals surface area contributed by atoms with Crippen LogP contribution in [0.2, 0.25) is 0 Å². The first-order valence-electron chi connectivity index (χ1n) is 6.44. The van der Waals surface area contributed by atoms with E-state index in [1.807, 2.05) is 12.1 Å². The predicted octanol–water partition coefficient (Wildman–Crippen LogP) is 3.61. The molecule has 1 aliphatic carbocycles. The number of carbonyl (C=O) groups is 1. The molecule has 0 atom stereocenters. The van der Waals surface area contributed by atoms with Gasteiger partial charge in [0, 0.05) is 27.8 Å². The topological polar surface area (TPSA) is 64.4 Å². The third kappa shape index (κ3) is 2.94. The number of carbonyl (C=O) groups excluding carboxylic acids is 1. The van der Waals surface area contributed by atoms with E-state index in [-0.39, 0.29) is 5.78 Å². The minimum Gasteiger partial charge on any atom is -0.496 e. The lowest BCUT2D eigenvalue weighted by Gasteiger charge is -2.13. The number of nitrogens with zero attached hydrogens (tertiary/aromatic N) is 1. The summed E-state index contributed by atoms with van der Waals surface area (Å²) in [5, 5.41) is 3.29. The van der Waals surface area contributed by atoms with Crippen LogP contribution in [-0.2, 0) is 4.79 Å². The van der Waals surface area contributed by atoms with Gasteiger partial charge in [0.25, 0.3) is 0 Å². The summed E-state index contributed by atoms with van der Waals surface area (Å²) in [5.74, 6) is 1.52. The number of benzene rings is 1. The van der Waals surface area contributed by atoms with Gasteiger partial charge in [-0.25, -0.2) is 4.98 Å². The van der Waals surface area contributed by atoms with Gasteiger partial charge in [-0.1, -0.05) is 0 Å². The minimum atomic E-state index is 0.165. The van der Waals surface area contributed by atoms with Gasteiger partial charge in [0.2, 0.25) is 0 Å². The number of halogens is 1. The van der Waals surface area contributed by atoms with E-state index >= 15 is 0 Å². The average molecular weight is 396 g/mol. The number of ketones is 1. The first kappa shape index (κ1) is 14.1. The van der Waals surface area contributed by atoms with E-state index in [0.717, 1.165) is 26.9 Å². The van der Waals surface area contributed by atoms with Crippen LogP contribution in [0.15, 0.2) is 40.9 Å². The summed E-state index contributed by atoms with van der Waals surface area (Å²) in [6.45, 7) is 0. The van der Waals surface area contributed by atoms with Gasteiger partial charge in [-0.05, 0) is 35.1 Å². The van der Waals surface area contributed by atoms with Crippen molar-refractivity contribution in [3.8, 4) is 17.1 Å². The molecule has 0 bridgehead atoms. The Morgan fingerprint density at radius 2 is 2.24 bits per heavy atom. The Kier molecular flexibility index (Phi) is 3.96. The molecule has 3 rings (SSSR count). The standard InChI is InChI=1S/C15H13IN2O3/c1-20-14-6-13(18-9-2-3-10(19)4-9)12(16)5-11(14)15-7-17-8-21-15/h4-8,18H,2-3H2,1H3. The molecule has 5 nitrogen and oxygen atoms in total. The highest BCUT2D eigenvalue weighted by molar-refractivity contribution is 14.1. The Morgan fingerprint density at radius 3 is 2.86 bits per heavy atom. The fraction of sp³-hybridized carbons (Fsp3) is 0.200. The molecule has 1 aromatic carbocycles. The maximum Gasteiger partial charge on any atom is 0.181 e. The number of nitrogens with one attached hydrogen (secondary N) is 1. The summed E-state index contributed by atoms with van der Waals surface area (Å²) in [6, 6.07) is 3.88. The van der Waals surface area contributed by atoms with E-state index in [1.54, 1.807) is 19.4 Å². The molecule has 0 saturated heterocycles. The van der Waals surface area contributed by atoms with Crippen LogP contribution in [0.4, 0.5) is 5.69 Å². The van der Waals surface area contributed by atoms with Crippen molar-refractivity contribution in [1.29, 1.82) is 0 Å². The number of hydrogen-bond donors (Lipinski definition) is 1. The van der Waals surface area contributed by atoms with Crippen LogP contribution in [0.5, 0.6) is 5.75 Å². The highest BCUT2D eigenvalue weighted by atomic mass is 127. The number of oxazole rings is 1. The Labute approximate surface area is 135 Å². The number of hydrogen-bond acceptors (Lipinski definition) is 5. The monoisotopic (exact) mass is 396 g/mol. The second kappa shape index (κ2) is 5.88. The molecule has 1 aromatic heterocycles. The van der Waals surface area contributed by atoms with Gasteiger partial charge in [-0.2, -0.15) is 0 Å². The molecule has 0 fully saturated rings. The summed E-state index contributed by atoms with van der Waals surface area (Å²) < 4.78 is 11.8. The van der Waals surface area contributed by atoms with Crippen molar-refractivity contribution in [2.75, 3.05) is 12.4 Å². The number of ether oxygens (including phenoxy) is 1. The van der Waals surface area contributed by atoms with Gasteiger partial charge < -0.3 is 14.5 Å². The number of allylic oxidation sites excluding steroid dienone is 2. The van der Waals surface area contributed by atoms with Crippen LogP contribution in [0.25, 0.3) is 11.3 Å². The smallest absolute Gasteiger partial charge is 0.181 e. The maximum atomic E-state index is 11.3. The van der Waals surface area contributed by atoms with E-state index < -0.39 is 0 Å². The fourth-order valence-corrected chi connectivity index (χ4v) is 2.83. The van der Waals surface area contributed by atoms with Gasteiger partial charge >= 0.3 is 0 Å². The molecule has 108 valence electrons. The molecule has 0 spiro atoms. The third-order valence-electron chi connectivity index (χ3n) is 3.26. The van der Waals surface area contributed by atoms with E-state index in [4.69, 9.17) is 9.15 Å². The normalized spacial score (nSPS) is 14.2. The Balaban J connectivity index is 1.96. The largest absolute Gasteiger partial charge is 0.496 e. The van der Waals surface area contributed by atoms with Gasteiger partial charge in [0.05, 0.1) is 24.6 Å². The molecule has 0 aliphatic heterocycles. The molecule has 6 heteroatoms. The molecule has 1 aliphatic rings. The summed E-state index contributed by atoms with van der Waals surface area (Å²) in [6.07, 6.45) is 6.03. The molecule has 0 unspecified atom stereocenters. The van der Waals surface area contributed by atoms with Crippen LogP contribution >= 0.6 is 22.6 Å². The first-order valence-corrected chi connectivity index (χ1v) is 7.52. The van der Waals surface area contributed by atoms with Crippen LogP contribution in [0, 0.1) is 3.57 Å². The van der Waals surface area contributed by atoms with Gasteiger partial charge in [0.1, 0.15) is 5.75 Å². The zero-order valence-electron chi connectivity index (χ0n) is 11.4. The summed E-state index contributed by atoms with van der Waals surface area (Å²) in [5.41, 5.74) is 2.70. The van der Waals surface area contributed by atoms with Gasteiger partial charge in [0.15, 0.2) is 17.9 Å². The number of aromatic nitrogens is 1. The van der Waals surface area contributed by atoms with Crippen molar-refractivity contribution < 1.29 is 13.9 Å². The SMILES string of the molecule is COc1cc(NC2=CC(=O)CC2)c(I)cc1-c1cnco1. The van der Waals surface area contributed by atoms with Crippen LogP contribution < -0.4 is 10.1 Å². The number of rotatable bonds is 4. The van der Waals surface area contributed by atoms with Crippen molar-refractivity contribution in [2.24, 2.45) is 0 Å². The van der Waals surface area contributed by atoms with Gasteiger partial charge in [-0.15, -0.1) is 0 Å². The predicted molar refractivity (Wildman–Crippen MR) is 87.2 cm³/mol. The molecular weight excluding hydrogens is 383 g/mol. The Morgan fingerprint density at radius 1 is 1.38 bits per heavy atom. The van der Waals surface area contributed by atoms with Crippen molar-refractivity contribution in [1.82, 2.24) is 4.98 Å². The summed E-state index contributed by atoms with van der Waals surface area (Å²) >= 11 is 2.24. The Bertz CT molecular complexity index is 708. The van der Waals surface area contributed by atoms with Crippen molar-refractivity contribution in [3.63, 3.8) is 0 Å². The molecule has 1 heterocycles. The van der Waals surface area contributed by atoms with Crippen LogP contribution in [0.3, 0.4) is 0 Å². The fourth-order valence-electron chi connectivity index (χ4n) is 2.23. The van der Waals surface area contributed by atoms with E-state index in [2.05, 4.69) is 32.9 Å². The average Bonchev–Trinajstić information content (AvgIpc) is 3.12. The summed E-state index contributed by atoms with van der Waals surface area (Å²) in [7, 11) is 1.62. The second-order valence-electron chi connectivity index (χ2n) is 4.66. The van der Waals surface area contributed by atoms with Crippen LogP contribution in [0.1, 0.15) is 12.8 Å². The molecule has 0 amide bonds. The highest BCUT2D eigenvalue weighted by Crippen LogP contribution is 2.36. The van der Waals surface area contributed by atoms with E-state index in [0.29, 0.717) is 17.9 Å². The molecular formula is C15H13IN2O3. The maximum absolute atomic E-state index is 11.3.